The molecule has 1 saturated heterocycles. The molecule has 164 valence electrons. The van der Waals surface area contributed by atoms with Crippen LogP contribution in [0.5, 0.6) is 5.75 Å². The number of hydrogen-bond acceptors (Lipinski definition) is 7. The number of ketones is 1. The second kappa shape index (κ2) is 8.31. The molecule has 0 radical (unpaired) electrons. The summed E-state index contributed by atoms with van der Waals surface area (Å²) in [7, 11) is 1.55. The van der Waals surface area contributed by atoms with Gasteiger partial charge in [0, 0.05) is 23.0 Å². The average Bonchev–Trinajstić information content (AvgIpc) is 3.37. The van der Waals surface area contributed by atoms with E-state index in [1.165, 1.54) is 28.6 Å². The van der Waals surface area contributed by atoms with Gasteiger partial charge in [-0.25, -0.2) is 4.98 Å². The number of halogens is 1. The van der Waals surface area contributed by atoms with Crippen molar-refractivity contribution in [3.8, 4) is 5.75 Å². The van der Waals surface area contributed by atoms with E-state index >= 15 is 0 Å². The molecule has 1 aliphatic rings. The number of methoxy groups -OCH3 is 1. The molecule has 0 aliphatic carbocycles. The van der Waals surface area contributed by atoms with Crippen molar-refractivity contribution in [2.75, 3.05) is 12.0 Å². The van der Waals surface area contributed by atoms with Crippen LogP contribution in [0.2, 0.25) is 5.02 Å². The Kier molecular flexibility index (Phi) is 5.32. The molecule has 9 heteroatoms. The molecule has 1 N–H and O–H groups in total. The summed E-state index contributed by atoms with van der Waals surface area (Å²) in [5.74, 6) is -1.21. The lowest BCUT2D eigenvalue weighted by Gasteiger charge is -2.23. The molecule has 4 aromatic rings. The van der Waals surface area contributed by atoms with Gasteiger partial charge in [-0.2, -0.15) is 0 Å². The maximum absolute atomic E-state index is 13.2. The fraction of sp³-hybridized carbons (Fsp3) is 0.0833. The van der Waals surface area contributed by atoms with Crippen LogP contribution in [0.4, 0.5) is 5.13 Å². The molecule has 33 heavy (non-hydrogen) atoms. The summed E-state index contributed by atoms with van der Waals surface area (Å²) >= 11 is 7.36. The molecule has 0 saturated carbocycles. The van der Waals surface area contributed by atoms with Gasteiger partial charge in [0.2, 0.25) is 0 Å². The maximum atomic E-state index is 13.2. The molecule has 1 unspecified atom stereocenters. The highest BCUT2D eigenvalue weighted by Crippen LogP contribution is 2.44. The fourth-order valence-electron chi connectivity index (χ4n) is 3.79. The molecular weight excluding hydrogens is 462 g/mol. The minimum atomic E-state index is -0.875. The van der Waals surface area contributed by atoms with Crippen LogP contribution in [0.1, 0.15) is 17.2 Å². The molecule has 2 aromatic carbocycles. The summed E-state index contributed by atoms with van der Waals surface area (Å²) in [4.78, 5) is 36.3. The largest absolute Gasteiger partial charge is 0.507 e. The molecule has 1 atom stereocenters. The van der Waals surface area contributed by atoms with Gasteiger partial charge in [-0.1, -0.05) is 35.1 Å². The number of nitrogens with zero attached hydrogens (tertiary/aromatic N) is 3. The highest BCUT2D eigenvalue weighted by Gasteiger charge is 2.48. The maximum Gasteiger partial charge on any atom is 0.301 e. The number of fused-ring (bicyclic) bond motifs is 1. The number of ether oxygens (including phenoxy) is 1. The molecule has 1 amide bonds. The summed E-state index contributed by atoms with van der Waals surface area (Å²) in [6.07, 6.45) is 3.01. The number of amides is 1. The standard InChI is InChI=1S/C24H16ClN3O4S/c1-32-16-5-2-13(3-6-16)20-19(21(29)14-8-10-26-11-9-14)22(30)23(31)28(20)24-27-17-7-4-15(25)12-18(17)33-24/h2-12,20,29H,1H3. The predicted octanol–water partition coefficient (Wildman–Crippen LogP) is 4.98. The number of Topliss-reactive ketones (excluding diaryl/α,β-unsaturated/α-hetero) is 1. The smallest absolute Gasteiger partial charge is 0.301 e. The lowest BCUT2D eigenvalue weighted by molar-refractivity contribution is -0.132. The number of benzene rings is 2. The number of aromatic nitrogens is 2. The number of anilines is 1. The molecule has 1 fully saturated rings. The Morgan fingerprint density at radius 1 is 1.09 bits per heavy atom. The van der Waals surface area contributed by atoms with E-state index in [9.17, 15) is 14.7 Å². The molecule has 2 aromatic heterocycles. The van der Waals surface area contributed by atoms with Gasteiger partial charge in [-0.05, 0) is 48.0 Å². The van der Waals surface area contributed by atoms with Crippen molar-refractivity contribution in [2.24, 2.45) is 0 Å². The van der Waals surface area contributed by atoms with Gasteiger partial charge < -0.3 is 9.84 Å². The number of carbonyl (C=O) groups excluding carboxylic acids is 2. The van der Waals surface area contributed by atoms with E-state index in [0.29, 0.717) is 32.5 Å². The molecule has 5 rings (SSSR count). The molecule has 3 heterocycles. The van der Waals surface area contributed by atoms with Crippen molar-refractivity contribution < 1.29 is 19.4 Å². The molecule has 0 spiro atoms. The van der Waals surface area contributed by atoms with Gasteiger partial charge >= 0.3 is 5.91 Å². The topological polar surface area (TPSA) is 92.6 Å². The molecule has 0 bridgehead atoms. The zero-order valence-corrected chi connectivity index (χ0v) is 18.8. The first-order valence-corrected chi connectivity index (χ1v) is 11.1. The van der Waals surface area contributed by atoms with Gasteiger partial charge in [-0.3, -0.25) is 19.5 Å². The predicted molar refractivity (Wildman–Crippen MR) is 127 cm³/mol. The van der Waals surface area contributed by atoms with Crippen molar-refractivity contribution in [3.63, 3.8) is 0 Å². The monoisotopic (exact) mass is 477 g/mol. The van der Waals surface area contributed by atoms with E-state index in [0.717, 1.165) is 4.70 Å². The molecule has 7 nitrogen and oxygen atoms in total. The van der Waals surface area contributed by atoms with Gasteiger partial charge in [0.05, 0.1) is 28.9 Å². The number of thiazole rings is 1. The van der Waals surface area contributed by atoms with Crippen LogP contribution in [0.15, 0.2) is 72.6 Å². The van der Waals surface area contributed by atoms with Crippen LogP contribution in [-0.4, -0.2) is 33.9 Å². The zero-order chi connectivity index (χ0) is 23.1. The van der Waals surface area contributed by atoms with Gasteiger partial charge in [0.25, 0.3) is 5.78 Å². The third-order valence-electron chi connectivity index (χ3n) is 5.37. The fourth-order valence-corrected chi connectivity index (χ4v) is 5.05. The van der Waals surface area contributed by atoms with Crippen molar-refractivity contribution >= 4 is 55.7 Å². The molecule has 1 aliphatic heterocycles. The minimum Gasteiger partial charge on any atom is -0.507 e. The summed E-state index contributed by atoms with van der Waals surface area (Å²) in [6.45, 7) is 0. The summed E-state index contributed by atoms with van der Waals surface area (Å²) in [6, 6.07) is 14.5. The van der Waals surface area contributed by atoms with Gasteiger partial charge in [0.1, 0.15) is 11.5 Å². The van der Waals surface area contributed by atoms with Crippen LogP contribution < -0.4 is 9.64 Å². The third kappa shape index (κ3) is 3.63. The first-order valence-electron chi connectivity index (χ1n) is 9.89. The zero-order valence-electron chi connectivity index (χ0n) is 17.2. The van der Waals surface area contributed by atoms with E-state index in [2.05, 4.69) is 9.97 Å². The van der Waals surface area contributed by atoms with Gasteiger partial charge in [0.15, 0.2) is 5.13 Å². The highest BCUT2D eigenvalue weighted by molar-refractivity contribution is 7.22. The van der Waals surface area contributed by atoms with E-state index in [1.807, 2.05) is 0 Å². The normalized spacial score (nSPS) is 17.6. The Hall–Kier alpha value is -3.75. The first kappa shape index (κ1) is 21.1. The van der Waals surface area contributed by atoms with E-state index < -0.39 is 17.7 Å². The van der Waals surface area contributed by atoms with Crippen molar-refractivity contribution in [1.82, 2.24) is 9.97 Å². The van der Waals surface area contributed by atoms with E-state index in [1.54, 1.807) is 61.7 Å². The Morgan fingerprint density at radius 2 is 1.82 bits per heavy atom. The minimum absolute atomic E-state index is 0.0198. The van der Waals surface area contributed by atoms with Crippen molar-refractivity contribution in [1.29, 1.82) is 0 Å². The average molecular weight is 478 g/mol. The Morgan fingerprint density at radius 3 is 2.52 bits per heavy atom. The van der Waals surface area contributed by atoms with Crippen molar-refractivity contribution in [3.05, 3.63) is 88.7 Å². The number of pyridine rings is 1. The van der Waals surface area contributed by atoms with Crippen LogP contribution in [-0.2, 0) is 9.59 Å². The van der Waals surface area contributed by atoms with Crippen LogP contribution in [0, 0.1) is 0 Å². The van der Waals surface area contributed by atoms with Crippen LogP contribution >= 0.6 is 22.9 Å². The lowest BCUT2D eigenvalue weighted by atomic mass is 9.95. The number of aliphatic hydroxyl groups excluding tert-OH is 1. The number of carbonyl (C=O) groups is 2. The number of rotatable bonds is 4. The number of aliphatic hydroxyl groups is 1. The lowest BCUT2D eigenvalue weighted by Crippen LogP contribution is -2.29. The van der Waals surface area contributed by atoms with Crippen LogP contribution in [0.25, 0.3) is 16.0 Å². The Balaban J connectivity index is 1.72. The summed E-state index contributed by atoms with van der Waals surface area (Å²) < 4.78 is 6.02. The summed E-state index contributed by atoms with van der Waals surface area (Å²) in [5, 5.41) is 12.0. The third-order valence-corrected chi connectivity index (χ3v) is 6.63. The SMILES string of the molecule is COc1ccc(C2C(=C(O)c3ccncc3)C(=O)C(=O)N2c2nc3ccc(Cl)cc3s2)cc1. The van der Waals surface area contributed by atoms with Crippen LogP contribution in [0.3, 0.4) is 0 Å². The second-order valence-electron chi connectivity index (χ2n) is 7.29. The Bertz CT molecular complexity index is 1420. The first-order chi connectivity index (χ1) is 16.0. The van der Waals surface area contributed by atoms with E-state index in [-0.39, 0.29) is 11.3 Å². The van der Waals surface area contributed by atoms with Crippen molar-refractivity contribution in [2.45, 2.75) is 6.04 Å². The van der Waals surface area contributed by atoms with E-state index in [4.69, 9.17) is 16.3 Å². The highest BCUT2D eigenvalue weighted by atomic mass is 35.5. The Labute approximate surface area is 197 Å². The second-order valence-corrected chi connectivity index (χ2v) is 8.73. The molecular formula is C24H16ClN3O4S. The summed E-state index contributed by atoms with van der Waals surface area (Å²) in [5.41, 5.74) is 1.65. The quantitative estimate of drug-likeness (QED) is 0.253. The number of hydrogen-bond donors (Lipinski definition) is 1. The van der Waals surface area contributed by atoms with Gasteiger partial charge in [-0.15, -0.1) is 0 Å².